The number of hydrogen-bond acceptors (Lipinski definition) is 4. The van der Waals surface area contributed by atoms with E-state index < -0.39 is 0 Å². The molecule has 2 atom stereocenters. The highest BCUT2D eigenvalue weighted by atomic mass is 35.5. The Morgan fingerprint density at radius 2 is 2.00 bits per heavy atom. The molecular formula is C16H25ClN4O. The summed E-state index contributed by atoms with van der Waals surface area (Å²) in [5.41, 5.74) is 13.1. The Morgan fingerprint density at radius 1 is 1.36 bits per heavy atom. The van der Waals surface area contributed by atoms with Crippen LogP contribution in [-0.4, -0.2) is 37.0 Å². The molecule has 0 aliphatic carbocycles. The van der Waals surface area contributed by atoms with Crippen LogP contribution in [-0.2, 0) is 4.79 Å². The highest BCUT2D eigenvalue weighted by Gasteiger charge is 2.33. The van der Waals surface area contributed by atoms with Gasteiger partial charge in [0.25, 0.3) is 0 Å². The van der Waals surface area contributed by atoms with E-state index in [1.54, 1.807) is 4.90 Å². The van der Waals surface area contributed by atoms with Gasteiger partial charge in [0.2, 0.25) is 5.91 Å². The Morgan fingerprint density at radius 3 is 2.59 bits per heavy atom. The fourth-order valence-electron chi connectivity index (χ4n) is 2.68. The fraction of sp³-hybridized carbons (Fsp3) is 0.562. The van der Waals surface area contributed by atoms with Crippen molar-refractivity contribution in [2.45, 2.75) is 32.4 Å². The first-order chi connectivity index (χ1) is 10.3. The predicted octanol–water partition coefficient (Wildman–Crippen LogP) is 1.69. The van der Waals surface area contributed by atoms with E-state index in [0.29, 0.717) is 24.5 Å². The Bertz CT molecular complexity index is 517. The summed E-state index contributed by atoms with van der Waals surface area (Å²) in [4.78, 5) is 14.3. The van der Waals surface area contributed by atoms with Gasteiger partial charge in [-0.2, -0.15) is 0 Å². The third kappa shape index (κ3) is 4.20. The molecule has 1 aromatic carbocycles. The molecule has 1 heterocycles. The molecular weight excluding hydrogens is 300 g/mol. The second kappa shape index (κ2) is 6.96. The average molecular weight is 325 g/mol. The lowest BCUT2D eigenvalue weighted by Gasteiger charge is -2.30. The molecule has 1 aliphatic rings. The third-order valence-electron chi connectivity index (χ3n) is 4.07. The van der Waals surface area contributed by atoms with Crippen molar-refractivity contribution in [3.8, 4) is 0 Å². The minimum Gasteiger partial charge on any atom is -0.344 e. The van der Waals surface area contributed by atoms with Gasteiger partial charge in [0.15, 0.2) is 0 Å². The monoisotopic (exact) mass is 324 g/mol. The zero-order chi connectivity index (χ0) is 16.3. The summed E-state index contributed by atoms with van der Waals surface area (Å²) in [5.74, 6) is 0.0884. The van der Waals surface area contributed by atoms with Crippen LogP contribution < -0.4 is 16.6 Å². The number of carbonyl (C=O) groups excluding carboxylic acids is 1. The van der Waals surface area contributed by atoms with Crippen LogP contribution in [0.2, 0.25) is 5.02 Å². The molecule has 5 nitrogen and oxygen atoms in total. The molecule has 122 valence electrons. The van der Waals surface area contributed by atoms with Crippen molar-refractivity contribution in [2.24, 2.45) is 11.1 Å². The molecule has 6 heteroatoms. The van der Waals surface area contributed by atoms with Gasteiger partial charge in [-0.05, 0) is 36.1 Å². The van der Waals surface area contributed by atoms with Gasteiger partial charge in [-0.3, -0.25) is 4.79 Å². The van der Waals surface area contributed by atoms with Gasteiger partial charge in [0.1, 0.15) is 6.04 Å². The molecule has 1 aromatic rings. The van der Waals surface area contributed by atoms with Crippen LogP contribution in [0.15, 0.2) is 24.3 Å². The van der Waals surface area contributed by atoms with E-state index >= 15 is 0 Å². The van der Waals surface area contributed by atoms with E-state index in [2.05, 4.69) is 24.7 Å². The summed E-state index contributed by atoms with van der Waals surface area (Å²) >= 11 is 5.91. The van der Waals surface area contributed by atoms with Gasteiger partial charge in [0.05, 0.1) is 0 Å². The van der Waals surface area contributed by atoms with E-state index in [4.69, 9.17) is 17.3 Å². The Labute approximate surface area is 137 Å². The van der Waals surface area contributed by atoms with Gasteiger partial charge in [0, 0.05) is 24.7 Å². The van der Waals surface area contributed by atoms with E-state index in [-0.39, 0.29) is 23.4 Å². The summed E-state index contributed by atoms with van der Waals surface area (Å²) in [6.45, 7) is 5.32. The third-order valence-corrected chi connectivity index (χ3v) is 4.32. The number of hydrazine groups is 1. The molecule has 4 N–H and O–H groups in total. The standard InChI is InChI=1S/C16H25ClN4O/c1-16(2,9-18)10-21(3)15(22)14-8-13(19-20-14)11-4-6-12(17)7-5-11/h4-7,13-14,19-20H,8-10,18H2,1-3H3. The Balaban J connectivity index is 1.94. The molecule has 0 radical (unpaired) electrons. The van der Waals surface area contributed by atoms with Crippen molar-refractivity contribution in [3.63, 3.8) is 0 Å². The molecule has 0 aromatic heterocycles. The second-order valence-electron chi connectivity index (χ2n) is 6.74. The van der Waals surface area contributed by atoms with Crippen LogP contribution in [0.5, 0.6) is 0 Å². The first kappa shape index (κ1) is 17.2. The molecule has 2 rings (SSSR count). The van der Waals surface area contributed by atoms with E-state index in [1.165, 1.54) is 0 Å². The normalized spacial score (nSPS) is 21.9. The fourth-order valence-corrected chi connectivity index (χ4v) is 2.81. The summed E-state index contributed by atoms with van der Waals surface area (Å²) in [5, 5.41) is 0.714. The summed E-state index contributed by atoms with van der Waals surface area (Å²) in [6.07, 6.45) is 0.716. The smallest absolute Gasteiger partial charge is 0.240 e. The van der Waals surface area contributed by atoms with Crippen LogP contribution in [0.4, 0.5) is 0 Å². The topological polar surface area (TPSA) is 70.4 Å². The number of rotatable bonds is 5. The zero-order valence-electron chi connectivity index (χ0n) is 13.4. The Hall–Kier alpha value is -1.14. The Kier molecular flexibility index (Phi) is 5.45. The summed E-state index contributed by atoms with van der Waals surface area (Å²) in [7, 11) is 1.83. The SMILES string of the molecule is CN(CC(C)(C)CN)C(=O)C1CC(c2ccc(Cl)cc2)NN1. The van der Waals surface area contributed by atoms with E-state index in [0.717, 1.165) is 5.56 Å². The molecule has 1 saturated heterocycles. The second-order valence-corrected chi connectivity index (χ2v) is 7.18. The molecule has 22 heavy (non-hydrogen) atoms. The van der Waals surface area contributed by atoms with Gasteiger partial charge in [-0.15, -0.1) is 0 Å². The maximum Gasteiger partial charge on any atom is 0.240 e. The van der Waals surface area contributed by atoms with E-state index in [1.807, 2.05) is 31.3 Å². The summed E-state index contributed by atoms with van der Waals surface area (Å²) in [6, 6.07) is 7.58. The van der Waals surface area contributed by atoms with Crippen LogP contribution in [0.3, 0.4) is 0 Å². The average Bonchev–Trinajstić information content (AvgIpc) is 2.96. The predicted molar refractivity (Wildman–Crippen MR) is 89.3 cm³/mol. The van der Waals surface area contributed by atoms with Crippen molar-refractivity contribution < 1.29 is 4.79 Å². The number of nitrogens with one attached hydrogen (secondary N) is 2. The number of nitrogens with two attached hydrogens (primary N) is 1. The van der Waals surface area contributed by atoms with Gasteiger partial charge in [-0.1, -0.05) is 37.6 Å². The van der Waals surface area contributed by atoms with Crippen molar-refractivity contribution in [2.75, 3.05) is 20.1 Å². The van der Waals surface area contributed by atoms with Crippen LogP contribution in [0.25, 0.3) is 0 Å². The number of hydrogen-bond donors (Lipinski definition) is 3. The first-order valence-corrected chi connectivity index (χ1v) is 7.92. The van der Waals surface area contributed by atoms with Crippen LogP contribution in [0, 0.1) is 5.41 Å². The molecule has 2 unspecified atom stereocenters. The molecule has 1 aliphatic heterocycles. The lowest BCUT2D eigenvalue weighted by Crippen LogP contribution is -2.47. The van der Waals surface area contributed by atoms with Crippen LogP contribution in [0.1, 0.15) is 31.9 Å². The lowest BCUT2D eigenvalue weighted by molar-refractivity contribution is -0.133. The van der Waals surface area contributed by atoms with Crippen molar-refractivity contribution >= 4 is 17.5 Å². The number of nitrogens with zero attached hydrogens (tertiary/aromatic N) is 1. The molecule has 1 amide bonds. The number of halogens is 1. The number of amides is 1. The highest BCUT2D eigenvalue weighted by molar-refractivity contribution is 6.30. The maximum atomic E-state index is 12.5. The van der Waals surface area contributed by atoms with Crippen molar-refractivity contribution in [1.29, 1.82) is 0 Å². The lowest BCUT2D eigenvalue weighted by atomic mass is 9.93. The van der Waals surface area contributed by atoms with Gasteiger partial charge < -0.3 is 10.6 Å². The largest absolute Gasteiger partial charge is 0.344 e. The van der Waals surface area contributed by atoms with E-state index in [9.17, 15) is 4.79 Å². The van der Waals surface area contributed by atoms with Crippen molar-refractivity contribution in [1.82, 2.24) is 15.8 Å². The minimum atomic E-state index is -0.223. The molecule has 0 spiro atoms. The molecule has 0 bridgehead atoms. The van der Waals surface area contributed by atoms with Gasteiger partial charge in [-0.25, -0.2) is 10.9 Å². The quantitative estimate of drug-likeness (QED) is 0.771. The van der Waals surface area contributed by atoms with Crippen LogP contribution >= 0.6 is 11.6 Å². The number of carbonyl (C=O) groups is 1. The maximum absolute atomic E-state index is 12.5. The zero-order valence-corrected chi connectivity index (χ0v) is 14.2. The number of benzene rings is 1. The number of likely N-dealkylation sites (N-methyl/N-ethyl adjacent to an activating group) is 1. The van der Waals surface area contributed by atoms with Gasteiger partial charge >= 0.3 is 0 Å². The van der Waals surface area contributed by atoms with Crippen molar-refractivity contribution in [3.05, 3.63) is 34.9 Å². The molecule has 1 fully saturated rings. The minimum absolute atomic E-state index is 0.0774. The summed E-state index contributed by atoms with van der Waals surface area (Å²) < 4.78 is 0. The highest BCUT2D eigenvalue weighted by Crippen LogP contribution is 2.25. The molecule has 0 saturated carbocycles. The first-order valence-electron chi connectivity index (χ1n) is 7.54.